The first-order chi connectivity index (χ1) is 18.3. The predicted octanol–water partition coefficient (Wildman–Crippen LogP) is 3.28. The van der Waals surface area contributed by atoms with Crippen molar-refractivity contribution in [3.8, 4) is 0 Å². The number of H-pyrrole nitrogens is 1. The topological polar surface area (TPSA) is 177 Å². The summed E-state index contributed by atoms with van der Waals surface area (Å²) in [4.78, 5) is 36.6. The van der Waals surface area contributed by atoms with E-state index in [1.807, 2.05) is 0 Å². The number of rotatable bonds is 17. The highest BCUT2D eigenvalue weighted by Crippen LogP contribution is 2.41. The van der Waals surface area contributed by atoms with Crippen LogP contribution in [0.5, 0.6) is 0 Å². The third-order valence-electron chi connectivity index (χ3n) is 7.35. The van der Waals surface area contributed by atoms with Gasteiger partial charge in [-0.1, -0.05) is 84.0 Å². The van der Waals surface area contributed by atoms with Crippen LogP contribution in [0.25, 0.3) is 11.2 Å². The van der Waals surface area contributed by atoms with E-state index in [1.54, 1.807) is 0 Å². The number of aromatic amines is 1. The SMILES string of the molecule is CCCCCCCCCCCCCCCC(=O)[C@@]1(n2c(Br)nc3c(=O)[nH]c(N)nc32)O[C@H](CO)[C@@H](O)[C@H]1O. The smallest absolute Gasteiger partial charge is 0.280 e. The summed E-state index contributed by atoms with van der Waals surface area (Å²) in [6, 6.07) is 0. The fraction of sp³-hybridized carbons (Fsp3) is 0.769. The molecule has 1 aliphatic heterocycles. The number of Topliss-reactive ketones (excluding diaryl/α,β-unsaturated/α-hetero) is 1. The summed E-state index contributed by atoms with van der Waals surface area (Å²) in [5, 5.41) is 31.3. The average molecular weight is 601 g/mol. The molecule has 11 nitrogen and oxygen atoms in total. The van der Waals surface area contributed by atoms with Gasteiger partial charge in [-0.3, -0.25) is 19.1 Å². The summed E-state index contributed by atoms with van der Waals surface area (Å²) in [7, 11) is 0. The fourth-order valence-electron chi connectivity index (χ4n) is 5.23. The molecule has 1 aliphatic rings. The van der Waals surface area contributed by atoms with Gasteiger partial charge < -0.3 is 25.8 Å². The van der Waals surface area contributed by atoms with Gasteiger partial charge in [0.05, 0.1) is 6.61 Å². The van der Waals surface area contributed by atoms with Crippen LogP contribution in [0.3, 0.4) is 0 Å². The molecule has 0 radical (unpaired) electrons. The summed E-state index contributed by atoms with van der Waals surface area (Å²) in [5.41, 5.74) is 2.77. The summed E-state index contributed by atoms with van der Waals surface area (Å²) in [6.45, 7) is 1.61. The number of aromatic nitrogens is 4. The number of nitrogens with one attached hydrogen (secondary N) is 1. The van der Waals surface area contributed by atoms with E-state index in [0.29, 0.717) is 6.42 Å². The maximum absolute atomic E-state index is 13.7. The monoisotopic (exact) mass is 599 g/mol. The minimum atomic E-state index is -2.13. The number of carbonyl (C=O) groups excluding carboxylic acids is 1. The van der Waals surface area contributed by atoms with Crippen LogP contribution in [0.2, 0.25) is 0 Å². The molecule has 12 heteroatoms. The summed E-state index contributed by atoms with van der Waals surface area (Å²) < 4.78 is 7.02. The van der Waals surface area contributed by atoms with Crippen molar-refractivity contribution in [2.45, 2.75) is 121 Å². The lowest BCUT2D eigenvalue weighted by Gasteiger charge is -2.32. The Morgan fingerprint density at radius 1 is 1.03 bits per heavy atom. The van der Waals surface area contributed by atoms with E-state index in [4.69, 9.17) is 10.5 Å². The number of nitrogen functional groups attached to an aromatic ring is 1. The molecule has 1 fully saturated rings. The van der Waals surface area contributed by atoms with Crippen LogP contribution in [-0.4, -0.2) is 65.5 Å². The Kier molecular flexibility index (Phi) is 11.7. The zero-order chi connectivity index (χ0) is 27.7. The van der Waals surface area contributed by atoms with Crippen molar-refractivity contribution in [2.75, 3.05) is 12.3 Å². The van der Waals surface area contributed by atoms with Crippen LogP contribution in [0.4, 0.5) is 5.95 Å². The van der Waals surface area contributed by atoms with Crippen LogP contribution < -0.4 is 11.3 Å². The lowest BCUT2D eigenvalue weighted by atomic mass is 9.94. The Bertz CT molecular complexity index is 1110. The molecule has 0 amide bonds. The molecule has 0 bridgehead atoms. The van der Waals surface area contributed by atoms with Crippen LogP contribution in [0.1, 0.15) is 96.8 Å². The highest BCUT2D eigenvalue weighted by Gasteiger charge is 2.61. The van der Waals surface area contributed by atoms with Gasteiger partial charge >= 0.3 is 0 Å². The first kappa shape index (κ1) is 30.7. The average Bonchev–Trinajstić information content (AvgIpc) is 3.35. The van der Waals surface area contributed by atoms with Crippen molar-refractivity contribution < 1.29 is 24.9 Å². The maximum Gasteiger partial charge on any atom is 0.280 e. The van der Waals surface area contributed by atoms with Gasteiger partial charge in [-0.15, -0.1) is 0 Å². The van der Waals surface area contributed by atoms with E-state index in [1.165, 1.54) is 57.8 Å². The molecule has 3 rings (SSSR count). The standard InChI is InChI=1S/C26H42BrN5O6/c1-2-3-4-5-6-7-8-9-10-11-12-13-14-15-18(34)26(21(36)20(35)17(16-33)38-26)32-22-19(29-24(32)27)23(37)31-25(28)30-22/h17,20-21,33,35-36H,2-16H2,1H3,(H3,28,30,31,37)/t17-,20-,21-,26-/m1/s1. The largest absolute Gasteiger partial charge is 0.394 e. The van der Waals surface area contributed by atoms with Crippen molar-refractivity contribution in [2.24, 2.45) is 0 Å². The number of unbranched alkanes of at least 4 members (excludes halogenated alkanes) is 12. The van der Waals surface area contributed by atoms with Crippen molar-refractivity contribution >= 4 is 38.8 Å². The molecule has 1 saturated heterocycles. The van der Waals surface area contributed by atoms with Crippen LogP contribution in [-0.2, 0) is 15.3 Å². The first-order valence-corrected chi connectivity index (χ1v) is 14.7. The van der Waals surface area contributed by atoms with Gasteiger partial charge in [-0.2, -0.15) is 4.98 Å². The number of carbonyl (C=O) groups is 1. The predicted molar refractivity (Wildman–Crippen MR) is 148 cm³/mol. The number of imidazole rings is 1. The number of hydrogen-bond acceptors (Lipinski definition) is 9. The number of ether oxygens (including phenoxy) is 1. The van der Waals surface area contributed by atoms with E-state index in [0.717, 1.165) is 23.8 Å². The molecule has 0 spiro atoms. The Hall–Kier alpha value is -1.86. The molecular weight excluding hydrogens is 558 g/mol. The van der Waals surface area contributed by atoms with E-state index in [-0.39, 0.29) is 28.3 Å². The lowest BCUT2D eigenvalue weighted by Crippen LogP contribution is -2.52. The molecule has 4 atom stereocenters. The summed E-state index contributed by atoms with van der Waals surface area (Å²) in [5.74, 6) is -0.717. The van der Waals surface area contributed by atoms with Crippen molar-refractivity contribution in [3.63, 3.8) is 0 Å². The van der Waals surface area contributed by atoms with Crippen LogP contribution in [0, 0.1) is 0 Å². The number of nitrogens with two attached hydrogens (primary N) is 1. The number of halogens is 1. The third-order valence-corrected chi connectivity index (χ3v) is 7.88. The van der Waals surface area contributed by atoms with Gasteiger partial charge in [0.1, 0.15) is 18.3 Å². The second-order valence-electron chi connectivity index (χ2n) is 10.2. The summed E-state index contributed by atoms with van der Waals surface area (Å²) in [6.07, 6.45) is 10.6. The van der Waals surface area contributed by atoms with Gasteiger partial charge in [0.15, 0.2) is 21.7 Å². The number of fused-ring (bicyclic) bond motifs is 1. The molecule has 3 heterocycles. The van der Waals surface area contributed by atoms with Crippen molar-refractivity contribution in [1.82, 2.24) is 19.5 Å². The molecule has 0 aromatic carbocycles. The van der Waals surface area contributed by atoms with Crippen molar-refractivity contribution in [1.29, 1.82) is 0 Å². The Morgan fingerprint density at radius 2 is 1.58 bits per heavy atom. The molecule has 214 valence electrons. The molecule has 38 heavy (non-hydrogen) atoms. The minimum Gasteiger partial charge on any atom is -0.394 e. The van der Waals surface area contributed by atoms with Gasteiger partial charge in [0.2, 0.25) is 11.7 Å². The number of hydrogen-bond donors (Lipinski definition) is 5. The molecule has 0 saturated carbocycles. The number of nitrogens with zero attached hydrogens (tertiary/aromatic N) is 3. The van der Waals surface area contributed by atoms with E-state index in [2.05, 4.69) is 37.8 Å². The van der Waals surface area contributed by atoms with Crippen molar-refractivity contribution in [3.05, 3.63) is 15.1 Å². The zero-order valence-electron chi connectivity index (χ0n) is 22.2. The maximum atomic E-state index is 13.7. The lowest BCUT2D eigenvalue weighted by molar-refractivity contribution is -0.174. The molecule has 6 N–H and O–H groups in total. The summed E-state index contributed by atoms with van der Waals surface area (Å²) >= 11 is 3.25. The number of anilines is 1. The number of aliphatic hydroxyl groups excluding tert-OH is 3. The molecule has 0 aliphatic carbocycles. The van der Waals surface area contributed by atoms with Gasteiger partial charge in [-0.25, -0.2) is 4.98 Å². The normalized spacial score (nSPS) is 23.4. The highest BCUT2D eigenvalue weighted by molar-refractivity contribution is 9.10. The molecule has 0 unspecified atom stereocenters. The fourth-order valence-corrected chi connectivity index (χ4v) is 5.83. The van der Waals surface area contributed by atoms with Crippen LogP contribution in [0.15, 0.2) is 9.53 Å². The molecule has 2 aromatic heterocycles. The van der Waals surface area contributed by atoms with Gasteiger partial charge in [-0.05, 0) is 22.4 Å². The second kappa shape index (κ2) is 14.5. The van der Waals surface area contributed by atoms with E-state index < -0.39 is 42.0 Å². The Balaban J connectivity index is 1.60. The minimum absolute atomic E-state index is 0.000321. The molecular formula is C26H42BrN5O6. The Morgan fingerprint density at radius 3 is 2.11 bits per heavy atom. The van der Waals surface area contributed by atoms with E-state index >= 15 is 0 Å². The number of aliphatic hydroxyl groups is 3. The third kappa shape index (κ3) is 6.82. The molecule has 2 aromatic rings. The van der Waals surface area contributed by atoms with Crippen LogP contribution >= 0.6 is 15.9 Å². The highest BCUT2D eigenvalue weighted by atomic mass is 79.9. The zero-order valence-corrected chi connectivity index (χ0v) is 23.8. The second-order valence-corrected chi connectivity index (χ2v) is 10.9. The first-order valence-electron chi connectivity index (χ1n) is 13.9. The van der Waals surface area contributed by atoms with E-state index in [9.17, 15) is 24.9 Å². The van der Waals surface area contributed by atoms with Gasteiger partial charge in [0, 0.05) is 6.42 Å². The quantitative estimate of drug-likeness (QED) is 0.135. The number of ketones is 1. The van der Waals surface area contributed by atoms with Gasteiger partial charge in [0.25, 0.3) is 5.56 Å². The Labute approximate surface area is 231 Å².